The van der Waals surface area contributed by atoms with Gasteiger partial charge in [-0.15, -0.1) is 24.8 Å². The molecule has 0 aliphatic carbocycles. The van der Waals surface area contributed by atoms with E-state index >= 15 is 0 Å². The van der Waals surface area contributed by atoms with Crippen LogP contribution in [-0.4, -0.2) is 31.1 Å². The van der Waals surface area contributed by atoms with Gasteiger partial charge in [-0.1, -0.05) is 26.2 Å². The molecule has 3 nitrogen and oxygen atoms in total. The SMILES string of the molecule is CCCCC[C@H](c1ccc(Br)o1)N1CCNCC1.Cl.Cl. The standard InChI is InChI=1S/C14H23BrN2O.2ClH/c1-2-3-4-5-12(13-6-7-14(15)18-13)17-10-8-16-9-11-17;;/h6-7,12,16H,2-5,8-11H2,1H3;2*1H/t12-;;/m1../s1. The van der Waals surface area contributed by atoms with Gasteiger partial charge >= 0.3 is 0 Å². The zero-order chi connectivity index (χ0) is 12.8. The van der Waals surface area contributed by atoms with Gasteiger partial charge < -0.3 is 9.73 Å². The smallest absolute Gasteiger partial charge is 0.169 e. The second-order valence-corrected chi connectivity index (χ2v) is 5.72. The van der Waals surface area contributed by atoms with Crippen molar-refractivity contribution in [1.82, 2.24) is 10.2 Å². The third-order valence-electron chi connectivity index (χ3n) is 3.60. The van der Waals surface area contributed by atoms with Crippen LogP contribution in [0.15, 0.2) is 21.2 Å². The van der Waals surface area contributed by atoms with E-state index < -0.39 is 0 Å². The predicted molar refractivity (Wildman–Crippen MR) is 92.2 cm³/mol. The zero-order valence-corrected chi connectivity index (χ0v) is 15.2. The van der Waals surface area contributed by atoms with Gasteiger partial charge in [-0.25, -0.2) is 0 Å². The zero-order valence-electron chi connectivity index (χ0n) is 11.9. The molecule has 1 atom stereocenters. The summed E-state index contributed by atoms with van der Waals surface area (Å²) in [5.41, 5.74) is 0. The van der Waals surface area contributed by atoms with Crippen molar-refractivity contribution >= 4 is 40.7 Å². The Morgan fingerprint density at radius 1 is 1.25 bits per heavy atom. The first-order chi connectivity index (χ1) is 8.81. The van der Waals surface area contributed by atoms with E-state index in [1.807, 2.05) is 6.07 Å². The number of halogens is 3. The summed E-state index contributed by atoms with van der Waals surface area (Å²) < 4.78 is 6.63. The lowest BCUT2D eigenvalue weighted by molar-refractivity contribution is 0.143. The number of piperazine rings is 1. The van der Waals surface area contributed by atoms with Crippen LogP contribution in [0.1, 0.15) is 44.4 Å². The number of hydrogen-bond acceptors (Lipinski definition) is 3. The topological polar surface area (TPSA) is 28.4 Å². The second kappa shape index (κ2) is 10.9. The van der Waals surface area contributed by atoms with Gasteiger partial charge in [0.2, 0.25) is 0 Å². The van der Waals surface area contributed by atoms with E-state index in [4.69, 9.17) is 4.42 Å². The summed E-state index contributed by atoms with van der Waals surface area (Å²) in [6.45, 7) is 6.67. The minimum atomic E-state index is 0. The van der Waals surface area contributed by atoms with Gasteiger partial charge in [0.25, 0.3) is 0 Å². The molecule has 1 fully saturated rings. The van der Waals surface area contributed by atoms with E-state index in [2.05, 4.69) is 39.1 Å². The fraction of sp³-hybridized carbons (Fsp3) is 0.714. The monoisotopic (exact) mass is 386 g/mol. The maximum absolute atomic E-state index is 5.78. The van der Waals surface area contributed by atoms with E-state index in [0.717, 1.165) is 36.6 Å². The molecular formula is C14H25BrCl2N2O. The Labute approximate surface area is 142 Å². The molecule has 1 saturated heterocycles. The molecule has 0 aromatic carbocycles. The summed E-state index contributed by atoms with van der Waals surface area (Å²) in [6.07, 6.45) is 5.07. The van der Waals surface area contributed by atoms with E-state index in [0.29, 0.717) is 6.04 Å². The van der Waals surface area contributed by atoms with Gasteiger partial charge in [-0.3, -0.25) is 4.90 Å². The van der Waals surface area contributed by atoms with Crippen LogP contribution in [0.3, 0.4) is 0 Å². The number of nitrogens with one attached hydrogen (secondary N) is 1. The lowest BCUT2D eigenvalue weighted by Gasteiger charge is -2.33. The molecule has 6 heteroatoms. The van der Waals surface area contributed by atoms with Crippen LogP contribution >= 0.6 is 40.7 Å². The molecule has 1 aliphatic heterocycles. The normalized spacial score (nSPS) is 17.1. The number of nitrogens with zero attached hydrogens (tertiary/aromatic N) is 1. The summed E-state index contributed by atoms with van der Waals surface area (Å²) in [7, 11) is 0. The highest BCUT2D eigenvalue weighted by atomic mass is 79.9. The van der Waals surface area contributed by atoms with E-state index in [1.165, 1.54) is 25.7 Å². The molecular weight excluding hydrogens is 363 g/mol. The van der Waals surface area contributed by atoms with Gasteiger partial charge in [0.15, 0.2) is 4.67 Å². The van der Waals surface area contributed by atoms with Crippen LogP contribution in [-0.2, 0) is 0 Å². The summed E-state index contributed by atoms with van der Waals surface area (Å²) in [4.78, 5) is 2.55. The number of furan rings is 1. The third-order valence-corrected chi connectivity index (χ3v) is 4.02. The average Bonchev–Trinajstić information content (AvgIpc) is 2.82. The van der Waals surface area contributed by atoms with Crippen molar-refractivity contribution in [1.29, 1.82) is 0 Å². The summed E-state index contributed by atoms with van der Waals surface area (Å²) in [5.74, 6) is 1.11. The predicted octanol–water partition coefficient (Wildman–Crippen LogP) is 4.41. The van der Waals surface area contributed by atoms with Crippen molar-refractivity contribution in [2.75, 3.05) is 26.2 Å². The Bertz CT molecular complexity index is 357. The Morgan fingerprint density at radius 3 is 2.50 bits per heavy atom. The fourth-order valence-electron chi connectivity index (χ4n) is 2.59. The first-order valence-electron chi connectivity index (χ1n) is 7.01. The molecule has 1 aliphatic rings. The summed E-state index contributed by atoms with van der Waals surface area (Å²) in [5, 5.41) is 3.41. The third kappa shape index (κ3) is 5.94. The van der Waals surface area contributed by atoms with Gasteiger partial charge in [0.1, 0.15) is 5.76 Å². The molecule has 118 valence electrons. The molecule has 0 radical (unpaired) electrons. The maximum atomic E-state index is 5.78. The number of unbranched alkanes of at least 4 members (excludes halogenated alkanes) is 2. The Kier molecular flexibility index (Phi) is 11.1. The van der Waals surface area contributed by atoms with Crippen molar-refractivity contribution in [3.8, 4) is 0 Å². The van der Waals surface area contributed by atoms with Crippen LogP contribution in [0.25, 0.3) is 0 Å². The van der Waals surface area contributed by atoms with Crippen molar-refractivity contribution < 1.29 is 4.42 Å². The fourth-order valence-corrected chi connectivity index (χ4v) is 2.91. The summed E-state index contributed by atoms with van der Waals surface area (Å²) >= 11 is 3.41. The molecule has 0 saturated carbocycles. The van der Waals surface area contributed by atoms with Crippen LogP contribution in [0.4, 0.5) is 0 Å². The molecule has 1 aromatic heterocycles. The lowest BCUT2D eigenvalue weighted by atomic mass is 10.0. The maximum Gasteiger partial charge on any atom is 0.169 e. The molecule has 20 heavy (non-hydrogen) atoms. The minimum Gasteiger partial charge on any atom is -0.453 e. The van der Waals surface area contributed by atoms with Crippen LogP contribution < -0.4 is 5.32 Å². The highest BCUT2D eigenvalue weighted by molar-refractivity contribution is 9.10. The molecule has 0 bridgehead atoms. The van der Waals surface area contributed by atoms with Crippen LogP contribution in [0, 0.1) is 0 Å². The molecule has 1 N–H and O–H groups in total. The molecule has 1 aromatic rings. The largest absolute Gasteiger partial charge is 0.453 e. The van der Waals surface area contributed by atoms with E-state index in [1.54, 1.807) is 0 Å². The van der Waals surface area contributed by atoms with E-state index in [9.17, 15) is 0 Å². The quantitative estimate of drug-likeness (QED) is 0.732. The number of hydrogen-bond donors (Lipinski definition) is 1. The van der Waals surface area contributed by atoms with Crippen molar-refractivity contribution in [3.63, 3.8) is 0 Å². The molecule has 2 heterocycles. The average molecular weight is 388 g/mol. The molecule has 2 rings (SSSR count). The highest BCUT2D eigenvalue weighted by Gasteiger charge is 2.24. The highest BCUT2D eigenvalue weighted by Crippen LogP contribution is 2.29. The van der Waals surface area contributed by atoms with Crippen LogP contribution in [0.2, 0.25) is 0 Å². The molecule has 0 spiro atoms. The van der Waals surface area contributed by atoms with Gasteiger partial charge in [0.05, 0.1) is 6.04 Å². The van der Waals surface area contributed by atoms with Crippen molar-refractivity contribution in [2.24, 2.45) is 0 Å². The number of rotatable bonds is 6. The second-order valence-electron chi connectivity index (χ2n) is 4.94. The Hall–Kier alpha value is 0.260. The Balaban J connectivity index is 0.00000180. The Morgan fingerprint density at radius 2 is 1.95 bits per heavy atom. The van der Waals surface area contributed by atoms with Crippen LogP contribution in [0.5, 0.6) is 0 Å². The minimum absolute atomic E-state index is 0. The molecule has 0 amide bonds. The molecule has 0 unspecified atom stereocenters. The lowest BCUT2D eigenvalue weighted by Crippen LogP contribution is -2.45. The van der Waals surface area contributed by atoms with Crippen molar-refractivity contribution in [3.05, 3.63) is 22.6 Å². The first kappa shape index (κ1) is 20.3. The van der Waals surface area contributed by atoms with Crippen molar-refractivity contribution in [2.45, 2.75) is 38.6 Å². The first-order valence-corrected chi connectivity index (χ1v) is 7.80. The van der Waals surface area contributed by atoms with Gasteiger partial charge in [-0.2, -0.15) is 0 Å². The van der Waals surface area contributed by atoms with Gasteiger partial charge in [-0.05, 0) is 34.5 Å². The summed E-state index contributed by atoms with van der Waals surface area (Å²) in [6, 6.07) is 4.57. The van der Waals surface area contributed by atoms with E-state index in [-0.39, 0.29) is 24.8 Å². The van der Waals surface area contributed by atoms with Gasteiger partial charge in [0, 0.05) is 26.2 Å².